The van der Waals surface area contributed by atoms with Gasteiger partial charge < -0.3 is 9.80 Å². The van der Waals surface area contributed by atoms with Gasteiger partial charge >= 0.3 is 0 Å². The number of hydrogen-bond acceptors (Lipinski definition) is 3. The van der Waals surface area contributed by atoms with E-state index in [-0.39, 0.29) is 24.3 Å². The number of nitrogens with zero attached hydrogens (tertiary/aromatic N) is 3. The maximum absolute atomic E-state index is 12.5. The van der Waals surface area contributed by atoms with E-state index in [9.17, 15) is 9.59 Å². The molecule has 0 unspecified atom stereocenters. The molecule has 2 aliphatic heterocycles. The van der Waals surface area contributed by atoms with Crippen LogP contribution in [0.3, 0.4) is 0 Å². The molecule has 0 aromatic heterocycles. The van der Waals surface area contributed by atoms with Crippen molar-refractivity contribution in [1.82, 2.24) is 14.7 Å². The molecule has 0 bridgehead atoms. The number of likely N-dealkylation sites (N-methyl/N-ethyl adjacent to an activating group) is 1. The van der Waals surface area contributed by atoms with Gasteiger partial charge in [-0.15, -0.1) is 0 Å². The van der Waals surface area contributed by atoms with Gasteiger partial charge in [0.05, 0.1) is 12.5 Å². The lowest BCUT2D eigenvalue weighted by atomic mass is 10.0. The number of benzene rings is 1. The molecule has 0 aliphatic carbocycles. The van der Waals surface area contributed by atoms with Crippen LogP contribution < -0.4 is 0 Å². The second kappa shape index (κ2) is 6.08. The van der Waals surface area contributed by atoms with E-state index in [0.717, 1.165) is 19.6 Å². The van der Waals surface area contributed by atoms with Crippen molar-refractivity contribution in [1.29, 1.82) is 0 Å². The first-order valence-corrected chi connectivity index (χ1v) is 7.80. The van der Waals surface area contributed by atoms with Crippen LogP contribution in [0.15, 0.2) is 30.3 Å². The molecule has 1 aromatic carbocycles. The smallest absolute Gasteiger partial charge is 0.241 e. The average Bonchev–Trinajstić information content (AvgIpc) is 3.00. The largest absolute Gasteiger partial charge is 0.347 e. The Morgan fingerprint density at radius 3 is 2.55 bits per heavy atom. The number of carbonyl (C=O) groups is 2. The quantitative estimate of drug-likeness (QED) is 0.821. The summed E-state index contributed by atoms with van der Waals surface area (Å²) in [5, 5.41) is 0. The van der Waals surface area contributed by atoms with E-state index >= 15 is 0 Å². The molecule has 2 fully saturated rings. The fourth-order valence-corrected chi connectivity index (χ4v) is 3.45. The van der Waals surface area contributed by atoms with Crippen molar-refractivity contribution < 1.29 is 9.59 Å². The van der Waals surface area contributed by atoms with E-state index in [0.29, 0.717) is 12.5 Å². The van der Waals surface area contributed by atoms with Gasteiger partial charge in [-0.05, 0) is 5.56 Å². The van der Waals surface area contributed by atoms with Crippen LogP contribution in [0, 0.1) is 11.8 Å². The van der Waals surface area contributed by atoms with Crippen molar-refractivity contribution in [3.05, 3.63) is 35.9 Å². The van der Waals surface area contributed by atoms with Crippen LogP contribution in [-0.2, 0) is 16.1 Å². The summed E-state index contributed by atoms with van der Waals surface area (Å²) < 4.78 is 0. The average molecular weight is 301 g/mol. The Bertz CT molecular complexity index is 558. The SMILES string of the molecule is CN(C)C(=O)CN1C[C@@H]2CN(Cc3ccccc3)C[C@@H]2C1=O. The first-order chi connectivity index (χ1) is 10.5. The van der Waals surface area contributed by atoms with Gasteiger partial charge in [0, 0.05) is 46.2 Å². The van der Waals surface area contributed by atoms with Gasteiger partial charge in [-0.25, -0.2) is 0 Å². The van der Waals surface area contributed by atoms with Crippen LogP contribution in [0.2, 0.25) is 0 Å². The third-order valence-electron chi connectivity index (χ3n) is 4.67. The van der Waals surface area contributed by atoms with Crippen LogP contribution in [0.4, 0.5) is 0 Å². The maximum atomic E-state index is 12.5. The topological polar surface area (TPSA) is 43.9 Å². The van der Waals surface area contributed by atoms with Gasteiger partial charge in [0.1, 0.15) is 0 Å². The second-order valence-electron chi connectivity index (χ2n) is 6.55. The van der Waals surface area contributed by atoms with Gasteiger partial charge in [-0.1, -0.05) is 30.3 Å². The van der Waals surface area contributed by atoms with Crippen molar-refractivity contribution in [2.45, 2.75) is 6.54 Å². The van der Waals surface area contributed by atoms with Gasteiger partial charge in [0.15, 0.2) is 0 Å². The van der Waals surface area contributed by atoms with E-state index in [2.05, 4.69) is 17.0 Å². The molecule has 0 radical (unpaired) electrons. The summed E-state index contributed by atoms with van der Waals surface area (Å²) in [6.45, 7) is 3.59. The van der Waals surface area contributed by atoms with E-state index in [1.807, 2.05) is 18.2 Å². The Morgan fingerprint density at radius 1 is 1.18 bits per heavy atom. The van der Waals surface area contributed by atoms with E-state index < -0.39 is 0 Å². The Hall–Kier alpha value is -1.88. The first-order valence-electron chi connectivity index (χ1n) is 7.80. The lowest BCUT2D eigenvalue weighted by Crippen LogP contribution is -2.40. The normalized spacial score (nSPS) is 24.6. The van der Waals surface area contributed by atoms with Gasteiger partial charge in [-0.3, -0.25) is 14.5 Å². The van der Waals surface area contributed by atoms with E-state index in [4.69, 9.17) is 0 Å². The Kier molecular flexibility index (Phi) is 4.16. The summed E-state index contributed by atoms with van der Waals surface area (Å²) in [5.74, 6) is 0.579. The molecular formula is C17H23N3O2. The monoisotopic (exact) mass is 301 g/mol. The number of fused-ring (bicyclic) bond motifs is 1. The van der Waals surface area contributed by atoms with Crippen molar-refractivity contribution in [3.63, 3.8) is 0 Å². The van der Waals surface area contributed by atoms with Crippen molar-refractivity contribution in [3.8, 4) is 0 Å². The summed E-state index contributed by atoms with van der Waals surface area (Å²) >= 11 is 0. The van der Waals surface area contributed by atoms with Crippen molar-refractivity contribution in [2.75, 3.05) is 40.3 Å². The molecule has 0 saturated carbocycles. The van der Waals surface area contributed by atoms with Crippen LogP contribution in [-0.4, -0.2) is 66.8 Å². The molecule has 2 amide bonds. The standard InChI is InChI=1S/C17H23N3O2/c1-18(2)16(21)12-20-10-14-9-19(11-15(14)17(20)22)8-13-6-4-3-5-7-13/h3-7,14-15H,8-12H2,1-2H3/t14-,15-/m0/s1. The number of likely N-dealkylation sites (tertiary alicyclic amines) is 2. The fourth-order valence-electron chi connectivity index (χ4n) is 3.45. The van der Waals surface area contributed by atoms with Crippen LogP contribution in [0.5, 0.6) is 0 Å². The Labute approximate surface area is 131 Å². The van der Waals surface area contributed by atoms with Crippen LogP contribution in [0.25, 0.3) is 0 Å². The fraction of sp³-hybridized carbons (Fsp3) is 0.529. The lowest BCUT2D eigenvalue weighted by molar-refractivity contribution is -0.138. The number of hydrogen-bond donors (Lipinski definition) is 0. The van der Waals surface area contributed by atoms with Crippen molar-refractivity contribution in [2.24, 2.45) is 11.8 Å². The van der Waals surface area contributed by atoms with Gasteiger partial charge in [0.25, 0.3) is 0 Å². The third kappa shape index (κ3) is 2.99. The summed E-state index contributed by atoms with van der Waals surface area (Å²) in [4.78, 5) is 29.9. The summed E-state index contributed by atoms with van der Waals surface area (Å²) in [7, 11) is 3.45. The summed E-state index contributed by atoms with van der Waals surface area (Å²) in [5.41, 5.74) is 1.29. The Morgan fingerprint density at radius 2 is 1.91 bits per heavy atom. The molecular weight excluding hydrogens is 278 g/mol. The minimum atomic E-state index is -0.00512. The zero-order chi connectivity index (χ0) is 15.7. The maximum Gasteiger partial charge on any atom is 0.241 e. The number of rotatable bonds is 4. The minimum Gasteiger partial charge on any atom is -0.347 e. The highest BCUT2D eigenvalue weighted by molar-refractivity contribution is 5.87. The predicted octanol–water partition coefficient (Wildman–Crippen LogP) is 0.665. The van der Waals surface area contributed by atoms with Gasteiger partial charge in [-0.2, -0.15) is 0 Å². The number of carbonyl (C=O) groups excluding carboxylic acids is 2. The molecule has 118 valence electrons. The molecule has 1 aromatic rings. The first kappa shape index (κ1) is 15.0. The molecule has 0 spiro atoms. The highest BCUT2D eigenvalue weighted by atomic mass is 16.2. The predicted molar refractivity (Wildman–Crippen MR) is 84.0 cm³/mol. The minimum absolute atomic E-state index is 0.00512. The molecule has 2 atom stereocenters. The highest BCUT2D eigenvalue weighted by Crippen LogP contribution is 2.32. The zero-order valence-electron chi connectivity index (χ0n) is 13.2. The lowest BCUT2D eigenvalue weighted by Gasteiger charge is -2.22. The van der Waals surface area contributed by atoms with E-state index in [1.165, 1.54) is 5.56 Å². The molecule has 22 heavy (non-hydrogen) atoms. The molecule has 3 rings (SSSR count). The molecule has 2 saturated heterocycles. The van der Waals surface area contributed by atoms with Crippen molar-refractivity contribution >= 4 is 11.8 Å². The number of amides is 2. The molecule has 2 heterocycles. The third-order valence-corrected chi connectivity index (χ3v) is 4.67. The molecule has 2 aliphatic rings. The molecule has 5 heteroatoms. The Balaban J connectivity index is 1.57. The van der Waals surface area contributed by atoms with Crippen LogP contribution >= 0.6 is 0 Å². The molecule has 5 nitrogen and oxygen atoms in total. The zero-order valence-corrected chi connectivity index (χ0v) is 13.2. The second-order valence-corrected chi connectivity index (χ2v) is 6.55. The van der Waals surface area contributed by atoms with Crippen LogP contribution in [0.1, 0.15) is 5.56 Å². The van der Waals surface area contributed by atoms with E-state index in [1.54, 1.807) is 23.9 Å². The van der Waals surface area contributed by atoms with Gasteiger partial charge in [0.2, 0.25) is 11.8 Å². The summed E-state index contributed by atoms with van der Waals surface area (Å²) in [6.07, 6.45) is 0. The summed E-state index contributed by atoms with van der Waals surface area (Å²) in [6, 6.07) is 10.4. The molecule has 0 N–H and O–H groups in total. The highest BCUT2D eigenvalue weighted by Gasteiger charge is 2.46.